The highest BCUT2D eigenvalue weighted by atomic mass is 35.5. The number of carboxylic acid groups (broad SMARTS) is 2. The van der Waals surface area contributed by atoms with E-state index in [1.165, 1.54) is 62.8 Å². The number of nitrogens with one attached hydrogen (secondary N) is 5. The molecule has 13 heterocycles. The number of carbonyl (C=O) groups is 10. The summed E-state index contributed by atoms with van der Waals surface area (Å²) in [7, 11) is 4.30. The van der Waals surface area contributed by atoms with E-state index in [2.05, 4.69) is 86.1 Å². The lowest BCUT2D eigenvalue weighted by molar-refractivity contribution is -0.155. The number of anilines is 4. The van der Waals surface area contributed by atoms with Crippen molar-refractivity contribution in [2.45, 2.75) is 357 Å². The minimum absolute atomic E-state index is 0. The molecule has 4 aromatic rings. The van der Waals surface area contributed by atoms with E-state index < -0.39 is 28.7 Å². The Morgan fingerprint density at radius 3 is 0.849 bits per heavy atom. The number of halogens is 1. The van der Waals surface area contributed by atoms with Crippen molar-refractivity contribution in [2.24, 2.45) is 29.6 Å². The number of methoxy groups -OCH3 is 3. The number of likely N-dealkylation sites (tertiary alicyclic amines) is 4. The summed E-state index contributed by atoms with van der Waals surface area (Å²) >= 11 is 0. The number of aliphatic carboxylic acids is 2. The van der Waals surface area contributed by atoms with Gasteiger partial charge in [0.2, 0.25) is 17.7 Å². The van der Waals surface area contributed by atoms with Crippen molar-refractivity contribution in [3.8, 4) is 0 Å². The molecule has 0 saturated carbocycles. The Morgan fingerprint density at radius 2 is 0.590 bits per heavy atom. The van der Waals surface area contributed by atoms with E-state index in [1.807, 2.05) is 74.4 Å². The van der Waals surface area contributed by atoms with Crippen LogP contribution in [-0.4, -0.2) is 244 Å². The highest BCUT2D eigenvalue weighted by Gasteiger charge is 2.31. The summed E-state index contributed by atoms with van der Waals surface area (Å²) in [5.74, 6) is 5.84. The van der Waals surface area contributed by atoms with Gasteiger partial charge in [-0.15, -0.1) is 12.4 Å². The number of ether oxygens (including phenoxy) is 5. The Kier molecular flexibility index (Phi) is 57.5. The number of hydrogen-bond acceptors (Lipinski definition) is 25. The molecule has 31 nitrogen and oxygen atoms in total. The van der Waals surface area contributed by atoms with E-state index >= 15 is 0 Å². The van der Waals surface area contributed by atoms with Crippen molar-refractivity contribution in [3.05, 3.63) is 93.6 Å². The van der Waals surface area contributed by atoms with Crippen LogP contribution in [0.1, 0.15) is 336 Å². The first-order valence-corrected chi connectivity index (χ1v) is 51.0. The van der Waals surface area contributed by atoms with Crippen molar-refractivity contribution in [1.29, 1.82) is 0 Å². The Labute approximate surface area is 838 Å². The monoisotopic (exact) mass is 1970 g/mol. The molecule has 0 aromatic carbocycles. The van der Waals surface area contributed by atoms with E-state index in [0.29, 0.717) is 94.3 Å². The molecule has 9 aliphatic rings. The second-order valence-electron chi connectivity index (χ2n) is 40.7. The van der Waals surface area contributed by atoms with Crippen LogP contribution in [0.5, 0.6) is 0 Å². The van der Waals surface area contributed by atoms with Crippen LogP contribution >= 0.6 is 12.4 Å². The van der Waals surface area contributed by atoms with Gasteiger partial charge in [-0.2, -0.15) is 0 Å². The van der Waals surface area contributed by atoms with E-state index in [1.54, 1.807) is 25.7 Å². The number of hydrogen-bond donors (Lipinski definition) is 8. The first-order valence-electron chi connectivity index (χ1n) is 51.0. The number of amides is 4. The molecule has 32 heteroatoms. The standard InChI is InChI=1S/C24H37N3O3.C21H31N3O3.C20H29N3O3.C15H27NO4.C11H14N2O2.C10H19NO2.C4H10O.2CH4.ClH.H2/c1-24(2,3)30-22(29)8-4-6-18-13-16-27(17-14-18)21(28)12-11-20-10-9-19-7-5-15-25-23(19)26-20;1-27-20(26)6-2-4-16-11-14-24(15-12-16)19(25)10-9-18-8-7-17-5-3-13-22-21(17)23-18;24-18(23-13-10-15(11-14-23)3-1-5-19(25)26)9-8-17-7-6-16-4-2-12-21-20(16)22-17;1-15(2,3)20-14(18)16-10-8-12(9-11-16)6-5-7-13(17)19-4;14-10(15)6-5-9-4-3-8-2-1-7-12-11(8)13-9;1-13-10(12)4-2-3-9-5-7-11-8-6-9;1-4(2,3)5;;;;/h9-10,18H,4-8,11-17H2,1-3H3,(H,25,26);7-8,16H,2-6,9-15H2,1H3,(H,22,23);6-7,15H,1-5,8-14H2,(H,21,22)(H,25,26);12H,5-11H2,1-4H3;3-4H,1-2,5-7H2,(H,12,13)(H,14,15);9,11H,2-8H2,1H3;5H,1-3H3;2*1H4;2*1H. The van der Waals surface area contributed by atoms with Gasteiger partial charge in [0.05, 0.1) is 33.4 Å². The number of nitrogens with zero attached hydrogens (tertiary/aromatic N) is 8. The summed E-state index contributed by atoms with van der Waals surface area (Å²) < 4.78 is 24.6. The zero-order chi connectivity index (χ0) is 98.8. The Bertz CT molecular complexity index is 4310. The fourth-order valence-electron chi connectivity index (χ4n) is 18.1. The molecular weight excluding hydrogens is 1790 g/mol. The van der Waals surface area contributed by atoms with E-state index in [4.69, 9.17) is 29.8 Å². The smallest absolute Gasteiger partial charge is 0.410 e. The van der Waals surface area contributed by atoms with Crippen LogP contribution in [0.4, 0.5) is 28.1 Å². The van der Waals surface area contributed by atoms with E-state index in [-0.39, 0.29) is 89.2 Å². The summed E-state index contributed by atoms with van der Waals surface area (Å²) in [6.45, 7) is 29.2. The van der Waals surface area contributed by atoms with Crippen molar-refractivity contribution in [1.82, 2.24) is 44.9 Å². The van der Waals surface area contributed by atoms with Gasteiger partial charge in [-0.1, -0.05) is 39.1 Å². The third kappa shape index (κ3) is 51.2. The lowest BCUT2D eigenvalue weighted by atomic mass is 9.91. The lowest BCUT2D eigenvalue weighted by Crippen LogP contribution is -2.41. The average Bonchev–Trinajstić information content (AvgIpc) is 0.843. The number of aryl methyl sites for hydroxylation is 8. The molecule has 5 fully saturated rings. The van der Waals surface area contributed by atoms with Gasteiger partial charge in [0.25, 0.3) is 0 Å². The molecule has 5 saturated heterocycles. The van der Waals surface area contributed by atoms with Gasteiger partial charge < -0.3 is 85.2 Å². The molecule has 8 N–H and O–H groups in total. The average molecular weight is 1970 g/mol. The number of rotatable bonds is 32. The molecule has 0 spiro atoms. The zero-order valence-electron chi connectivity index (χ0n) is 84.8. The topological polar surface area (TPSA) is 402 Å². The van der Waals surface area contributed by atoms with Crippen LogP contribution in [0.25, 0.3) is 0 Å². The summed E-state index contributed by atoms with van der Waals surface area (Å²) in [6.07, 6.45) is 35.5. The molecule has 4 amide bonds. The number of pyridine rings is 4. The maximum absolute atomic E-state index is 12.6. The largest absolute Gasteiger partial charge is 0.481 e. The maximum atomic E-state index is 12.6. The predicted molar refractivity (Wildman–Crippen MR) is 553 cm³/mol. The Hall–Kier alpha value is -9.49. The molecule has 0 atom stereocenters. The van der Waals surface area contributed by atoms with Gasteiger partial charge in [0.1, 0.15) is 34.5 Å². The summed E-state index contributed by atoms with van der Waals surface area (Å²) in [6, 6.07) is 16.6. The van der Waals surface area contributed by atoms with Gasteiger partial charge in [0.15, 0.2) is 0 Å². The van der Waals surface area contributed by atoms with Gasteiger partial charge in [-0.25, -0.2) is 24.7 Å². The molecule has 139 heavy (non-hydrogen) atoms. The Morgan fingerprint density at radius 1 is 0.345 bits per heavy atom. The number of esters is 4. The fourth-order valence-corrected chi connectivity index (χ4v) is 18.1. The molecular formula is C107H178ClN13O18. The molecule has 0 bridgehead atoms. The lowest BCUT2D eigenvalue weighted by Gasteiger charge is -2.33. The first kappa shape index (κ1) is 122. The van der Waals surface area contributed by atoms with Crippen molar-refractivity contribution < 1.29 is 88.4 Å². The molecule has 786 valence electrons. The SMILES string of the molecule is C.C.CC(C)(C)O.CC(C)(C)OC(=O)CCCC1CCN(C(=O)CCc2ccc3c(n2)NCCC3)CC1.COC(=O)CCCC1CCN(C(=O)CCc2ccc3c(n2)NCCC3)CC1.COC(=O)CCCC1CCN(C(=O)OC(C)(C)C)CC1.COC(=O)CCCC1CCNCC1.Cl.O=C(O)CCCC1CCN(C(=O)CCc2ccc3c(n2)NCCC3)CC1.O=C(O)CCc1ccc2c(n1)NCCC2.[HH]. The van der Waals surface area contributed by atoms with Crippen molar-refractivity contribution >= 4 is 95.3 Å². The molecule has 9 aliphatic heterocycles. The third-order valence-corrected chi connectivity index (χ3v) is 25.9. The van der Waals surface area contributed by atoms with Gasteiger partial charge >= 0.3 is 41.9 Å². The Balaban J connectivity index is 0.000000433. The third-order valence-electron chi connectivity index (χ3n) is 25.9. The predicted octanol–water partition coefficient (Wildman–Crippen LogP) is 18.4. The molecule has 0 aliphatic carbocycles. The van der Waals surface area contributed by atoms with Crippen LogP contribution in [0, 0.1) is 29.6 Å². The quantitative estimate of drug-likeness (QED) is 0.0166. The summed E-state index contributed by atoms with van der Waals surface area (Å²) in [5, 5.41) is 42.4. The number of piperidine rings is 5. The second-order valence-corrected chi connectivity index (χ2v) is 40.7. The number of aliphatic hydroxyl groups is 1. The number of carbonyl (C=O) groups excluding carboxylic acids is 8. The molecule has 4 aromatic heterocycles. The molecule has 0 unspecified atom stereocenters. The highest BCUT2D eigenvalue weighted by molar-refractivity contribution is 5.85. The van der Waals surface area contributed by atoms with Crippen LogP contribution in [0.15, 0.2) is 48.5 Å². The maximum Gasteiger partial charge on any atom is 0.410 e. The van der Waals surface area contributed by atoms with E-state index in [9.17, 15) is 47.9 Å². The number of fused-ring (bicyclic) bond motifs is 4. The number of aromatic nitrogens is 4. The fraction of sp³-hybridized carbons (Fsp3) is 0.720. The molecule has 0 radical (unpaired) electrons. The molecule has 13 rings (SSSR count). The first-order chi connectivity index (χ1) is 65.0. The van der Waals surface area contributed by atoms with Gasteiger partial charge in [0, 0.05) is 161 Å². The van der Waals surface area contributed by atoms with Gasteiger partial charge in [-0.05, 0) is 351 Å². The summed E-state index contributed by atoms with van der Waals surface area (Å²) in [4.78, 5) is 142. The van der Waals surface area contributed by atoms with Crippen LogP contribution in [0.3, 0.4) is 0 Å². The minimum Gasteiger partial charge on any atom is -0.481 e. The van der Waals surface area contributed by atoms with Crippen LogP contribution in [-0.2, 0) is 118 Å². The highest BCUT2D eigenvalue weighted by Crippen LogP contribution is 2.32. The second kappa shape index (κ2) is 65.6. The van der Waals surface area contributed by atoms with E-state index in [0.717, 1.165) is 304 Å². The van der Waals surface area contributed by atoms with Crippen molar-refractivity contribution in [3.63, 3.8) is 0 Å². The van der Waals surface area contributed by atoms with Crippen LogP contribution in [0.2, 0.25) is 0 Å². The van der Waals surface area contributed by atoms with Gasteiger partial charge in [-0.3, -0.25) is 43.2 Å². The summed E-state index contributed by atoms with van der Waals surface area (Å²) in [5.41, 5.74) is 7.55. The van der Waals surface area contributed by atoms with Crippen molar-refractivity contribution in [2.75, 3.05) is 134 Å². The normalized spacial score (nSPS) is 16.4. The zero-order valence-corrected chi connectivity index (χ0v) is 85.7. The minimum atomic E-state index is -0.775. The number of carboxylic acids is 2. The van der Waals surface area contributed by atoms with Crippen LogP contribution < -0.4 is 26.6 Å².